The van der Waals surface area contributed by atoms with Crippen LogP contribution in [0.15, 0.2) is 30.3 Å². The number of unbranched alkanes of at least 4 members (excludes halogenated alkanes) is 1. The van der Waals surface area contributed by atoms with Gasteiger partial charge in [-0.1, -0.05) is 30.3 Å². The number of hydrogen-bond donors (Lipinski definition) is 2. The molecule has 1 aromatic rings. The van der Waals surface area contributed by atoms with Gasteiger partial charge in [-0.25, -0.2) is 4.79 Å². The molecule has 0 heterocycles. The summed E-state index contributed by atoms with van der Waals surface area (Å²) in [5.74, 6) is -0.658. The van der Waals surface area contributed by atoms with Crippen LogP contribution in [0.25, 0.3) is 0 Å². The van der Waals surface area contributed by atoms with Crippen molar-refractivity contribution in [2.24, 2.45) is 0 Å². The molecule has 1 rings (SSSR count). The minimum atomic E-state index is -0.677. The van der Waals surface area contributed by atoms with Crippen molar-refractivity contribution in [2.75, 3.05) is 13.7 Å². The van der Waals surface area contributed by atoms with Crippen LogP contribution in [0, 0.1) is 0 Å². The molecule has 0 fully saturated rings. The van der Waals surface area contributed by atoms with E-state index in [2.05, 4.69) is 5.32 Å². The van der Waals surface area contributed by atoms with Crippen LogP contribution in [0.1, 0.15) is 24.8 Å². The molecule has 5 heteroatoms. The molecule has 0 bridgehead atoms. The van der Waals surface area contributed by atoms with E-state index in [1.807, 2.05) is 30.3 Å². The maximum atomic E-state index is 11.7. The fourth-order valence-electron chi connectivity index (χ4n) is 1.85. The summed E-state index contributed by atoms with van der Waals surface area (Å²) >= 11 is 0. The van der Waals surface area contributed by atoms with Crippen molar-refractivity contribution in [1.29, 1.82) is 0 Å². The average Bonchev–Trinajstić information content (AvgIpc) is 2.47. The summed E-state index contributed by atoms with van der Waals surface area (Å²) in [6.07, 6.45) is 1.87. The van der Waals surface area contributed by atoms with Gasteiger partial charge >= 0.3 is 5.97 Å². The second kappa shape index (κ2) is 9.09. The molecule has 0 saturated carbocycles. The van der Waals surface area contributed by atoms with E-state index in [-0.39, 0.29) is 12.5 Å². The van der Waals surface area contributed by atoms with Crippen LogP contribution in [0.2, 0.25) is 0 Å². The summed E-state index contributed by atoms with van der Waals surface area (Å²) in [7, 11) is 1.30. The summed E-state index contributed by atoms with van der Waals surface area (Å²) in [6.45, 7) is 0.0672. The van der Waals surface area contributed by atoms with Crippen molar-refractivity contribution in [3.8, 4) is 0 Å². The first kappa shape index (κ1) is 16.2. The zero-order chi connectivity index (χ0) is 14.8. The highest BCUT2D eigenvalue weighted by Crippen LogP contribution is 2.05. The van der Waals surface area contributed by atoms with Gasteiger partial charge in [0.25, 0.3) is 0 Å². The topological polar surface area (TPSA) is 75.6 Å². The van der Waals surface area contributed by atoms with Crippen molar-refractivity contribution >= 4 is 11.9 Å². The Morgan fingerprint density at radius 1 is 1.25 bits per heavy atom. The molecule has 1 aromatic carbocycles. The highest BCUT2D eigenvalue weighted by atomic mass is 16.5. The SMILES string of the molecule is COC(=O)[C@H](Cc1ccccc1)NC(=O)CCCCO. The minimum absolute atomic E-state index is 0.0672. The number of methoxy groups -OCH3 is 1. The highest BCUT2D eigenvalue weighted by molar-refractivity contribution is 5.84. The molecule has 0 aliphatic carbocycles. The van der Waals surface area contributed by atoms with Crippen LogP contribution in [0.4, 0.5) is 0 Å². The van der Waals surface area contributed by atoms with Crippen LogP contribution in [0.3, 0.4) is 0 Å². The Balaban J connectivity index is 2.56. The minimum Gasteiger partial charge on any atom is -0.467 e. The smallest absolute Gasteiger partial charge is 0.328 e. The molecule has 20 heavy (non-hydrogen) atoms. The third kappa shape index (κ3) is 5.84. The zero-order valence-corrected chi connectivity index (χ0v) is 11.7. The fourth-order valence-corrected chi connectivity index (χ4v) is 1.85. The van der Waals surface area contributed by atoms with Crippen LogP contribution in [-0.2, 0) is 20.7 Å². The van der Waals surface area contributed by atoms with E-state index in [0.717, 1.165) is 5.56 Å². The average molecular weight is 279 g/mol. The summed E-state index contributed by atoms with van der Waals surface area (Å²) < 4.78 is 4.72. The van der Waals surface area contributed by atoms with Gasteiger partial charge in [-0.05, 0) is 18.4 Å². The van der Waals surface area contributed by atoms with E-state index in [1.165, 1.54) is 7.11 Å². The summed E-state index contributed by atoms with van der Waals surface area (Å²) in [5.41, 5.74) is 0.957. The van der Waals surface area contributed by atoms with Crippen molar-refractivity contribution in [1.82, 2.24) is 5.32 Å². The number of esters is 1. The van der Waals surface area contributed by atoms with Crippen molar-refractivity contribution < 1.29 is 19.4 Å². The Kier molecular flexibility index (Phi) is 7.35. The van der Waals surface area contributed by atoms with Crippen LogP contribution >= 0.6 is 0 Å². The molecule has 5 nitrogen and oxygen atoms in total. The molecule has 0 unspecified atom stereocenters. The Bertz CT molecular complexity index is 419. The molecule has 0 aliphatic rings. The Labute approximate surface area is 118 Å². The number of rotatable bonds is 8. The molecule has 0 radical (unpaired) electrons. The van der Waals surface area contributed by atoms with Gasteiger partial charge in [-0.3, -0.25) is 4.79 Å². The van der Waals surface area contributed by atoms with E-state index in [4.69, 9.17) is 9.84 Å². The predicted molar refractivity (Wildman–Crippen MR) is 75.0 cm³/mol. The summed E-state index contributed by atoms with van der Waals surface area (Å²) in [4.78, 5) is 23.4. The number of carbonyl (C=O) groups excluding carboxylic acids is 2. The second-order valence-electron chi connectivity index (χ2n) is 4.51. The maximum absolute atomic E-state index is 11.7. The van der Waals surface area contributed by atoms with Gasteiger partial charge in [0.05, 0.1) is 7.11 Å². The fraction of sp³-hybridized carbons (Fsp3) is 0.467. The lowest BCUT2D eigenvalue weighted by Crippen LogP contribution is -2.43. The maximum Gasteiger partial charge on any atom is 0.328 e. The molecule has 0 spiro atoms. The van der Waals surface area contributed by atoms with E-state index in [0.29, 0.717) is 25.7 Å². The van der Waals surface area contributed by atoms with Crippen LogP contribution in [0.5, 0.6) is 0 Å². The number of amides is 1. The molecular formula is C15H21NO4. The lowest BCUT2D eigenvalue weighted by Gasteiger charge is -2.16. The standard InChI is InChI=1S/C15H21NO4/c1-20-15(19)13(11-12-7-3-2-4-8-12)16-14(18)9-5-6-10-17/h2-4,7-8,13,17H,5-6,9-11H2,1H3,(H,16,18)/t13-/m0/s1. The largest absolute Gasteiger partial charge is 0.467 e. The Morgan fingerprint density at radius 3 is 2.55 bits per heavy atom. The number of hydrogen-bond acceptors (Lipinski definition) is 4. The number of nitrogens with one attached hydrogen (secondary N) is 1. The van der Waals surface area contributed by atoms with Gasteiger partial charge in [0, 0.05) is 19.4 Å². The lowest BCUT2D eigenvalue weighted by molar-refractivity contribution is -0.145. The molecule has 0 aliphatic heterocycles. The van der Waals surface area contributed by atoms with E-state index in [9.17, 15) is 9.59 Å². The van der Waals surface area contributed by atoms with Crippen LogP contribution in [-0.4, -0.2) is 36.7 Å². The van der Waals surface area contributed by atoms with Crippen molar-refractivity contribution in [2.45, 2.75) is 31.7 Å². The molecule has 1 amide bonds. The van der Waals surface area contributed by atoms with Gasteiger partial charge in [-0.15, -0.1) is 0 Å². The van der Waals surface area contributed by atoms with E-state index < -0.39 is 12.0 Å². The summed E-state index contributed by atoms with van der Waals surface area (Å²) in [5, 5.41) is 11.4. The second-order valence-corrected chi connectivity index (χ2v) is 4.51. The van der Waals surface area contributed by atoms with E-state index in [1.54, 1.807) is 0 Å². The summed E-state index contributed by atoms with van der Waals surface area (Å²) in [6, 6.07) is 8.77. The first-order valence-corrected chi connectivity index (χ1v) is 6.69. The Hall–Kier alpha value is -1.88. The molecule has 2 N–H and O–H groups in total. The molecule has 0 aromatic heterocycles. The molecule has 0 saturated heterocycles. The number of aliphatic hydroxyl groups excluding tert-OH is 1. The normalized spacial score (nSPS) is 11.7. The number of aliphatic hydroxyl groups is 1. The number of carbonyl (C=O) groups is 2. The first-order valence-electron chi connectivity index (χ1n) is 6.69. The quantitative estimate of drug-likeness (QED) is 0.551. The van der Waals surface area contributed by atoms with Gasteiger partial charge in [0.1, 0.15) is 6.04 Å². The van der Waals surface area contributed by atoms with Gasteiger partial charge in [0.15, 0.2) is 0 Å². The predicted octanol–water partition coefficient (Wildman–Crippen LogP) is 1.05. The first-order chi connectivity index (χ1) is 9.67. The number of benzene rings is 1. The zero-order valence-electron chi connectivity index (χ0n) is 11.7. The van der Waals surface area contributed by atoms with Gasteiger partial charge < -0.3 is 15.2 Å². The van der Waals surface area contributed by atoms with Crippen molar-refractivity contribution in [3.05, 3.63) is 35.9 Å². The van der Waals surface area contributed by atoms with E-state index >= 15 is 0 Å². The lowest BCUT2D eigenvalue weighted by atomic mass is 10.1. The highest BCUT2D eigenvalue weighted by Gasteiger charge is 2.21. The third-order valence-electron chi connectivity index (χ3n) is 2.92. The molecule has 110 valence electrons. The molecular weight excluding hydrogens is 258 g/mol. The van der Waals surface area contributed by atoms with Crippen LogP contribution < -0.4 is 5.32 Å². The van der Waals surface area contributed by atoms with Gasteiger partial charge in [0.2, 0.25) is 5.91 Å². The van der Waals surface area contributed by atoms with Crippen molar-refractivity contribution in [3.63, 3.8) is 0 Å². The van der Waals surface area contributed by atoms with Gasteiger partial charge in [-0.2, -0.15) is 0 Å². The molecule has 1 atom stereocenters. The Morgan fingerprint density at radius 2 is 1.95 bits per heavy atom. The number of ether oxygens (including phenoxy) is 1. The monoisotopic (exact) mass is 279 g/mol. The third-order valence-corrected chi connectivity index (χ3v) is 2.92.